The molecule has 0 aliphatic carbocycles. The van der Waals surface area contributed by atoms with Crippen LogP contribution in [-0.2, 0) is 0 Å². The predicted molar refractivity (Wildman–Crippen MR) is 73.9 cm³/mol. The SMILES string of the molecule is NCCC(=O)c1cccc(NCCCCCO)c1. The topological polar surface area (TPSA) is 75.4 Å². The van der Waals surface area contributed by atoms with Gasteiger partial charge in [-0.25, -0.2) is 0 Å². The zero-order valence-electron chi connectivity index (χ0n) is 10.7. The number of aliphatic hydroxyl groups is 1. The third-order valence-corrected chi connectivity index (χ3v) is 2.72. The van der Waals surface area contributed by atoms with E-state index in [1.807, 2.05) is 24.3 Å². The number of ketones is 1. The third-order valence-electron chi connectivity index (χ3n) is 2.72. The minimum Gasteiger partial charge on any atom is -0.396 e. The lowest BCUT2D eigenvalue weighted by atomic mass is 10.1. The van der Waals surface area contributed by atoms with Crippen LogP contribution >= 0.6 is 0 Å². The Labute approximate surface area is 108 Å². The molecule has 0 radical (unpaired) electrons. The second kappa shape index (κ2) is 8.66. The maximum absolute atomic E-state index is 11.7. The smallest absolute Gasteiger partial charge is 0.164 e. The molecular weight excluding hydrogens is 228 g/mol. The number of Topliss-reactive ketones (excluding diaryl/α,β-unsaturated/α-hetero) is 1. The van der Waals surface area contributed by atoms with E-state index in [-0.39, 0.29) is 12.4 Å². The molecule has 4 N–H and O–H groups in total. The number of hydrogen-bond donors (Lipinski definition) is 3. The second-order valence-electron chi connectivity index (χ2n) is 4.25. The van der Waals surface area contributed by atoms with Gasteiger partial charge in [-0.3, -0.25) is 4.79 Å². The molecule has 0 saturated carbocycles. The van der Waals surface area contributed by atoms with Gasteiger partial charge in [0.2, 0.25) is 0 Å². The van der Waals surface area contributed by atoms with Crippen molar-refractivity contribution in [1.82, 2.24) is 0 Å². The summed E-state index contributed by atoms with van der Waals surface area (Å²) in [4.78, 5) is 11.7. The molecule has 0 unspecified atom stereocenters. The molecule has 0 atom stereocenters. The second-order valence-corrected chi connectivity index (χ2v) is 4.25. The summed E-state index contributed by atoms with van der Waals surface area (Å²) in [5, 5.41) is 11.9. The molecule has 18 heavy (non-hydrogen) atoms. The Hall–Kier alpha value is -1.39. The van der Waals surface area contributed by atoms with Crippen LogP contribution in [0.25, 0.3) is 0 Å². The molecule has 1 rings (SSSR count). The molecule has 0 aliphatic heterocycles. The van der Waals surface area contributed by atoms with Crippen molar-refractivity contribution in [1.29, 1.82) is 0 Å². The molecular formula is C14H22N2O2. The maximum atomic E-state index is 11.7. The number of carbonyl (C=O) groups excluding carboxylic acids is 1. The van der Waals surface area contributed by atoms with Crippen LogP contribution in [0, 0.1) is 0 Å². The van der Waals surface area contributed by atoms with Crippen LogP contribution in [0.5, 0.6) is 0 Å². The van der Waals surface area contributed by atoms with E-state index in [0.717, 1.165) is 31.5 Å². The van der Waals surface area contributed by atoms with Crippen molar-refractivity contribution in [3.63, 3.8) is 0 Å². The Bertz CT molecular complexity index is 367. The van der Waals surface area contributed by atoms with Gasteiger partial charge in [0, 0.05) is 30.8 Å². The molecule has 100 valence electrons. The molecule has 0 amide bonds. The van der Waals surface area contributed by atoms with E-state index < -0.39 is 0 Å². The molecule has 0 aromatic heterocycles. The average molecular weight is 250 g/mol. The number of carbonyl (C=O) groups is 1. The van der Waals surface area contributed by atoms with Crippen LogP contribution in [0.1, 0.15) is 36.0 Å². The summed E-state index contributed by atoms with van der Waals surface area (Å²) >= 11 is 0. The number of unbranched alkanes of at least 4 members (excludes halogenated alkanes) is 2. The quantitative estimate of drug-likeness (QED) is 0.461. The molecule has 0 aliphatic rings. The van der Waals surface area contributed by atoms with Crippen LogP contribution in [-0.4, -0.2) is 30.6 Å². The summed E-state index contributed by atoms with van der Waals surface area (Å²) < 4.78 is 0. The van der Waals surface area contributed by atoms with Gasteiger partial charge in [-0.1, -0.05) is 12.1 Å². The van der Waals surface area contributed by atoms with Gasteiger partial charge in [-0.2, -0.15) is 0 Å². The Kier molecular flexibility index (Phi) is 7.06. The van der Waals surface area contributed by atoms with E-state index in [4.69, 9.17) is 10.8 Å². The molecule has 1 aromatic rings. The monoisotopic (exact) mass is 250 g/mol. The van der Waals surface area contributed by atoms with Gasteiger partial charge in [0.1, 0.15) is 0 Å². The first-order valence-corrected chi connectivity index (χ1v) is 6.46. The van der Waals surface area contributed by atoms with E-state index in [9.17, 15) is 4.79 Å². The van der Waals surface area contributed by atoms with Gasteiger partial charge >= 0.3 is 0 Å². The lowest BCUT2D eigenvalue weighted by Crippen LogP contribution is -2.09. The van der Waals surface area contributed by atoms with Gasteiger partial charge < -0.3 is 16.2 Å². The molecule has 0 fully saturated rings. The fourth-order valence-electron chi connectivity index (χ4n) is 1.72. The van der Waals surface area contributed by atoms with Crippen LogP contribution in [0.3, 0.4) is 0 Å². The minimum atomic E-state index is 0.0847. The lowest BCUT2D eigenvalue weighted by Gasteiger charge is -2.07. The number of nitrogens with one attached hydrogen (secondary N) is 1. The van der Waals surface area contributed by atoms with Crippen molar-refractivity contribution in [2.24, 2.45) is 5.73 Å². The average Bonchev–Trinajstić information content (AvgIpc) is 2.39. The van der Waals surface area contributed by atoms with E-state index in [2.05, 4.69) is 5.32 Å². The zero-order valence-corrected chi connectivity index (χ0v) is 10.7. The van der Waals surface area contributed by atoms with Gasteiger partial charge in [0.25, 0.3) is 0 Å². The maximum Gasteiger partial charge on any atom is 0.164 e. The summed E-state index contributed by atoms with van der Waals surface area (Å²) in [7, 11) is 0. The van der Waals surface area contributed by atoms with Crippen molar-refractivity contribution in [3.05, 3.63) is 29.8 Å². The number of anilines is 1. The third kappa shape index (κ3) is 5.29. The van der Waals surface area contributed by atoms with Crippen molar-refractivity contribution in [2.45, 2.75) is 25.7 Å². The minimum absolute atomic E-state index is 0.0847. The highest BCUT2D eigenvalue weighted by atomic mass is 16.2. The zero-order chi connectivity index (χ0) is 13.2. The van der Waals surface area contributed by atoms with Crippen molar-refractivity contribution >= 4 is 11.5 Å². The molecule has 0 saturated heterocycles. The largest absolute Gasteiger partial charge is 0.396 e. The van der Waals surface area contributed by atoms with Gasteiger partial charge in [-0.15, -0.1) is 0 Å². The lowest BCUT2D eigenvalue weighted by molar-refractivity contribution is 0.0985. The van der Waals surface area contributed by atoms with E-state index in [1.54, 1.807) is 0 Å². The highest BCUT2D eigenvalue weighted by molar-refractivity contribution is 5.96. The normalized spacial score (nSPS) is 10.3. The Balaban J connectivity index is 2.42. The summed E-state index contributed by atoms with van der Waals surface area (Å²) in [6, 6.07) is 7.50. The fourth-order valence-corrected chi connectivity index (χ4v) is 1.72. The summed E-state index contributed by atoms with van der Waals surface area (Å²) in [5.41, 5.74) is 7.04. The molecule has 4 heteroatoms. The Morgan fingerprint density at radius 3 is 2.83 bits per heavy atom. The molecule has 1 aromatic carbocycles. The van der Waals surface area contributed by atoms with Crippen LogP contribution in [0.15, 0.2) is 24.3 Å². The highest BCUT2D eigenvalue weighted by Crippen LogP contribution is 2.12. The molecule has 0 bridgehead atoms. The first-order chi connectivity index (χ1) is 8.77. The van der Waals surface area contributed by atoms with Crippen LogP contribution in [0.4, 0.5) is 5.69 Å². The Morgan fingerprint density at radius 1 is 1.28 bits per heavy atom. The first-order valence-electron chi connectivity index (χ1n) is 6.46. The number of aliphatic hydroxyl groups excluding tert-OH is 1. The number of nitrogens with two attached hydrogens (primary N) is 1. The Morgan fingerprint density at radius 2 is 2.11 bits per heavy atom. The highest BCUT2D eigenvalue weighted by Gasteiger charge is 2.04. The van der Waals surface area contributed by atoms with Crippen molar-refractivity contribution in [3.8, 4) is 0 Å². The number of rotatable bonds is 9. The first kappa shape index (κ1) is 14.7. The fraction of sp³-hybridized carbons (Fsp3) is 0.500. The van der Waals surface area contributed by atoms with Crippen LogP contribution in [0.2, 0.25) is 0 Å². The van der Waals surface area contributed by atoms with Crippen molar-refractivity contribution in [2.75, 3.05) is 25.0 Å². The summed E-state index contributed by atoms with van der Waals surface area (Å²) in [6.07, 6.45) is 3.26. The molecule has 4 nitrogen and oxygen atoms in total. The van der Waals surface area contributed by atoms with Crippen LogP contribution < -0.4 is 11.1 Å². The summed E-state index contributed by atoms with van der Waals surface area (Å²) in [6.45, 7) is 1.50. The van der Waals surface area contributed by atoms with E-state index in [0.29, 0.717) is 18.5 Å². The number of hydrogen-bond acceptors (Lipinski definition) is 4. The summed E-state index contributed by atoms with van der Waals surface area (Å²) in [5.74, 6) is 0.0847. The molecule has 0 heterocycles. The van der Waals surface area contributed by atoms with Gasteiger partial charge in [-0.05, 0) is 37.9 Å². The standard InChI is InChI=1S/C14H22N2O2/c15-8-7-14(18)12-5-4-6-13(11-12)16-9-2-1-3-10-17/h4-6,11,16-17H,1-3,7-10,15H2. The molecule has 0 spiro atoms. The predicted octanol–water partition coefficient (Wildman–Crippen LogP) is 1.79. The van der Waals surface area contributed by atoms with Gasteiger partial charge in [0.05, 0.1) is 0 Å². The number of benzene rings is 1. The van der Waals surface area contributed by atoms with Gasteiger partial charge in [0.15, 0.2) is 5.78 Å². The van der Waals surface area contributed by atoms with Crippen molar-refractivity contribution < 1.29 is 9.90 Å². The van der Waals surface area contributed by atoms with E-state index >= 15 is 0 Å². The van der Waals surface area contributed by atoms with E-state index in [1.165, 1.54) is 0 Å².